The minimum Gasteiger partial charge on any atom is -0.481 e. The van der Waals surface area contributed by atoms with Crippen molar-refractivity contribution < 1.29 is 29.7 Å². The van der Waals surface area contributed by atoms with Gasteiger partial charge in [0.1, 0.15) is 11.6 Å². The van der Waals surface area contributed by atoms with Crippen LogP contribution in [0.3, 0.4) is 0 Å². The highest BCUT2D eigenvalue weighted by Crippen LogP contribution is 2.33. The highest BCUT2D eigenvalue weighted by molar-refractivity contribution is 5.90. The molecule has 1 aliphatic rings. The van der Waals surface area contributed by atoms with Gasteiger partial charge in [0.05, 0.1) is 12.2 Å². The Morgan fingerprint density at radius 2 is 1.88 bits per heavy atom. The zero-order chi connectivity index (χ0) is 19.5. The predicted octanol–water partition coefficient (Wildman–Crippen LogP) is 2.65. The maximum absolute atomic E-state index is 12.1. The van der Waals surface area contributed by atoms with Gasteiger partial charge >= 0.3 is 5.97 Å². The summed E-state index contributed by atoms with van der Waals surface area (Å²) >= 11 is 0. The Balaban J connectivity index is 2.51. The van der Waals surface area contributed by atoms with Gasteiger partial charge in [-0.25, -0.2) is 0 Å². The molecule has 0 saturated heterocycles. The van der Waals surface area contributed by atoms with E-state index in [1.165, 1.54) is 0 Å². The fraction of sp³-hybridized carbons (Fsp3) is 0.750. The molecule has 0 spiro atoms. The van der Waals surface area contributed by atoms with Gasteiger partial charge in [0, 0.05) is 37.5 Å². The van der Waals surface area contributed by atoms with Gasteiger partial charge in [-0.1, -0.05) is 38.3 Å². The molecular weight excluding hydrogens is 336 g/mol. The number of aliphatic carboxylic acids is 1. The fourth-order valence-electron chi connectivity index (χ4n) is 3.39. The van der Waals surface area contributed by atoms with Crippen molar-refractivity contribution in [3.8, 4) is 0 Å². The number of aliphatic hydroxyl groups is 2. The summed E-state index contributed by atoms with van der Waals surface area (Å²) < 4.78 is 0. The Hall–Kier alpha value is -1.53. The van der Waals surface area contributed by atoms with Crippen molar-refractivity contribution in [3.63, 3.8) is 0 Å². The second-order valence-corrected chi connectivity index (χ2v) is 7.21. The molecule has 1 aliphatic carbocycles. The van der Waals surface area contributed by atoms with Crippen molar-refractivity contribution in [1.82, 2.24) is 0 Å². The monoisotopic (exact) mass is 368 g/mol. The van der Waals surface area contributed by atoms with Crippen LogP contribution in [0.1, 0.15) is 71.1 Å². The van der Waals surface area contributed by atoms with Crippen molar-refractivity contribution in [2.75, 3.05) is 0 Å². The molecule has 1 rings (SSSR count). The Morgan fingerprint density at radius 3 is 2.54 bits per heavy atom. The van der Waals surface area contributed by atoms with E-state index < -0.39 is 30.0 Å². The van der Waals surface area contributed by atoms with Gasteiger partial charge in [-0.15, -0.1) is 0 Å². The van der Waals surface area contributed by atoms with Gasteiger partial charge in [0.25, 0.3) is 0 Å². The van der Waals surface area contributed by atoms with Crippen LogP contribution in [0.15, 0.2) is 12.2 Å². The van der Waals surface area contributed by atoms with E-state index >= 15 is 0 Å². The lowest BCUT2D eigenvalue weighted by molar-refractivity contribution is -0.137. The molecular formula is C20H32O6. The van der Waals surface area contributed by atoms with Crippen LogP contribution in [0.4, 0.5) is 0 Å². The van der Waals surface area contributed by atoms with Crippen molar-refractivity contribution in [1.29, 1.82) is 0 Å². The Kier molecular flexibility index (Phi) is 10.4. The normalized spacial score (nSPS) is 24.3. The topological polar surface area (TPSA) is 112 Å². The van der Waals surface area contributed by atoms with E-state index in [9.17, 15) is 24.6 Å². The number of hydrogen-bond donors (Lipinski definition) is 3. The van der Waals surface area contributed by atoms with E-state index in [1.54, 1.807) is 12.2 Å². The molecule has 0 aliphatic heterocycles. The molecule has 0 aromatic carbocycles. The number of rotatable bonds is 13. The molecule has 0 unspecified atom stereocenters. The lowest BCUT2D eigenvalue weighted by Gasteiger charge is -2.17. The van der Waals surface area contributed by atoms with Gasteiger partial charge < -0.3 is 15.3 Å². The van der Waals surface area contributed by atoms with Gasteiger partial charge in [-0.3, -0.25) is 14.4 Å². The number of carbonyl (C=O) groups excluding carboxylic acids is 2. The first kappa shape index (κ1) is 22.5. The highest BCUT2D eigenvalue weighted by Gasteiger charge is 2.40. The van der Waals surface area contributed by atoms with E-state index in [0.717, 1.165) is 19.3 Å². The van der Waals surface area contributed by atoms with Crippen LogP contribution in [-0.4, -0.2) is 45.1 Å². The molecule has 148 valence electrons. The first-order valence-electron chi connectivity index (χ1n) is 9.65. The molecule has 6 heteroatoms. The first-order valence-corrected chi connectivity index (χ1v) is 9.65. The molecule has 4 atom stereocenters. The molecule has 0 aromatic heterocycles. The lowest BCUT2D eigenvalue weighted by atomic mass is 9.88. The maximum atomic E-state index is 12.1. The number of carboxylic acid groups (broad SMARTS) is 1. The van der Waals surface area contributed by atoms with Crippen LogP contribution in [0, 0.1) is 11.8 Å². The first-order chi connectivity index (χ1) is 12.3. The van der Waals surface area contributed by atoms with E-state index in [0.29, 0.717) is 19.3 Å². The fourth-order valence-corrected chi connectivity index (χ4v) is 3.39. The molecule has 6 nitrogen and oxygen atoms in total. The number of Topliss-reactive ketones (excluding diaryl/α,β-unsaturated/α-hetero) is 2. The summed E-state index contributed by atoms with van der Waals surface area (Å²) in [7, 11) is 0. The zero-order valence-electron chi connectivity index (χ0n) is 15.6. The number of carboxylic acids is 1. The Morgan fingerprint density at radius 1 is 1.19 bits per heavy atom. The van der Waals surface area contributed by atoms with Gasteiger partial charge in [-0.2, -0.15) is 0 Å². The number of carbonyl (C=O) groups is 3. The van der Waals surface area contributed by atoms with Crippen LogP contribution >= 0.6 is 0 Å². The number of hydrogen-bond acceptors (Lipinski definition) is 5. The molecule has 0 bridgehead atoms. The summed E-state index contributed by atoms with van der Waals surface area (Å²) in [4.78, 5) is 34.7. The Labute approximate surface area is 155 Å². The molecule has 0 radical (unpaired) electrons. The zero-order valence-corrected chi connectivity index (χ0v) is 15.6. The lowest BCUT2D eigenvalue weighted by Crippen LogP contribution is -2.22. The summed E-state index contributed by atoms with van der Waals surface area (Å²) in [5.41, 5.74) is 0. The van der Waals surface area contributed by atoms with Crippen LogP contribution < -0.4 is 0 Å². The average Bonchev–Trinajstić information content (AvgIpc) is 2.83. The van der Waals surface area contributed by atoms with E-state index in [-0.39, 0.29) is 37.2 Å². The minimum atomic E-state index is -0.880. The largest absolute Gasteiger partial charge is 0.481 e. The quantitative estimate of drug-likeness (QED) is 0.340. The van der Waals surface area contributed by atoms with Gasteiger partial charge in [-0.05, 0) is 19.3 Å². The van der Waals surface area contributed by atoms with E-state index in [1.807, 2.05) is 0 Å². The molecule has 1 saturated carbocycles. The van der Waals surface area contributed by atoms with Gasteiger partial charge in [0.15, 0.2) is 0 Å². The number of ketones is 2. The molecule has 0 heterocycles. The average molecular weight is 368 g/mol. The van der Waals surface area contributed by atoms with Crippen molar-refractivity contribution in [3.05, 3.63) is 12.2 Å². The molecule has 26 heavy (non-hydrogen) atoms. The van der Waals surface area contributed by atoms with Crippen molar-refractivity contribution in [2.45, 2.75) is 83.3 Å². The summed E-state index contributed by atoms with van der Waals surface area (Å²) in [6.45, 7) is 2.09. The van der Waals surface area contributed by atoms with Gasteiger partial charge in [0.2, 0.25) is 0 Å². The van der Waals surface area contributed by atoms with Crippen LogP contribution in [0.5, 0.6) is 0 Å². The summed E-state index contributed by atoms with van der Waals surface area (Å²) in [6.07, 6.45) is 6.93. The smallest absolute Gasteiger partial charge is 0.303 e. The summed E-state index contributed by atoms with van der Waals surface area (Å²) in [5, 5.41) is 28.7. The second-order valence-electron chi connectivity index (χ2n) is 7.21. The molecule has 1 fully saturated rings. The van der Waals surface area contributed by atoms with Crippen LogP contribution in [-0.2, 0) is 14.4 Å². The molecule has 0 aromatic rings. The second kappa shape index (κ2) is 12.0. The third kappa shape index (κ3) is 8.23. The van der Waals surface area contributed by atoms with Crippen molar-refractivity contribution >= 4 is 17.5 Å². The number of aliphatic hydroxyl groups excluding tert-OH is 2. The van der Waals surface area contributed by atoms with E-state index in [4.69, 9.17) is 5.11 Å². The molecule has 0 amide bonds. The SMILES string of the molecule is CCCCC[C@H](O)/C=C/[C@H]1[C@H](O)CC(=O)[C@H]1CC(=O)CCCCC(=O)O. The minimum absolute atomic E-state index is 0.0373. The summed E-state index contributed by atoms with van der Waals surface area (Å²) in [5.74, 6) is -2.06. The molecule has 3 N–H and O–H groups in total. The predicted molar refractivity (Wildman–Crippen MR) is 97.6 cm³/mol. The maximum Gasteiger partial charge on any atom is 0.303 e. The van der Waals surface area contributed by atoms with Crippen LogP contribution in [0.2, 0.25) is 0 Å². The van der Waals surface area contributed by atoms with E-state index in [2.05, 4.69) is 6.92 Å². The summed E-state index contributed by atoms with van der Waals surface area (Å²) in [6, 6.07) is 0. The third-order valence-electron chi connectivity index (χ3n) is 4.94. The highest BCUT2D eigenvalue weighted by atomic mass is 16.4. The standard InChI is InChI=1S/C20H32O6/c1-2-3-4-7-14(21)10-11-16-17(19(24)13-18(16)23)12-15(22)8-5-6-9-20(25)26/h10-11,14,16-18,21,23H,2-9,12-13H2,1H3,(H,25,26)/b11-10+/t14-,16+,17-,18+/m0/s1. The Bertz CT molecular complexity index is 499. The van der Waals surface area contributed by atoms with Crippen LogP contribution in [0.25, 0.3) is 0 Å². The van der Waals surface area contributed by atoms with Crippen molar-refractivity contribution in [2.24, 2.45) is 11.8 Å². The number of unbranched alkanes of at least 4 members (excludes halogenated alkanes) is 3. The third-order valence-corrected chi connectivity index (χ3v) is 4.94.